The maximum Gasteiger partial charge on any atom is 0.278 e. The molecule has 0 saturated heterocycles. The molecule has 1 aliphatic rings. The number of nitrogens with one attached hydrogen (secondary N) is 1. The molecule has 1 amide bonds. The highest BCUT2D eigenvalue weighted by Gasteiger charge is 2.27. The van der Waals surface area contributed by atoms with Gasteiger partial charge in [0.15, 0.2) is 11.4 Å². The van der Waals surface area contributed by atoms with E-state index < -0.39 is 17.1 Å². The summed E-state index contributed by atoms with van der Waals surface area (Å²) in [6.07, 6.45) is 5.72. The summed E-state index contributed by atoms with van der Waals surface area (Å²) in [7, 11) is 0. The molecule has 164 valence electrons. The number of carbonyl (C=O) groups is 1. The molecule has 0 bridgehead atoms. The highest BCUT2D eigenvalue weighted by atomic mass is 35.5. The van der Waals surface area contributed by atoms with E-state index in [0.29, 0.717) is 17.2 Å². The van der Waals surface area contributed by atoms with Crippen LogP contribution in [-0.4, -0.2) is 40.4 Å². The Balaban J connectivity index is 1.37. The number of carbonyl (C=O) groups excluding carboxylic acids is 1. The van der Waals surface area contributed by atoms with Crippen molar-refractivity contribution in [2.24, 2.45) is 0 Å². The summed E-state index contributed by atoms with van der Waals surface area (Å²) in [5.74, 6) is -0.357. The van der Waals surface area contributed by atoms with Crippen molar-refractivity contribution in [1.82, 2.24) is 9.58 Å². The second-order valence-corrected chi connectivity index (χ2v) is 7.67. The highest BCUT2D eigenvalue weighted by molar-refractivity contribution is 6.32. The van der Waals surface area contributed by atoms with Gasteiger partial charge < -0.3 is 20.2 Å². The third-order valence-corrected chi connectivity index (χ3v) is 5.40. The molecule has 0 unspecified atom stereocenters. The Morgan fingerprint density at radius 2 is 1.88 bits per heavy atom. The Hall–Kier alpha value is -3.71. The van der Waals surface area contributed by atoms with Gasteiger partial charge in [0, 0.05) is 30.8 Å². The molecule has 0 spiro atoms. The molecular formula is C24H22ClN3O4. The molecule has 0 aliphatic carbocycles. The van der Waals surface area contributed by atoms with Crippen LogP contribution in [0.3, 0.4) is 0 Å². The number of hydrogen-bond acceptors (Lipinski definition) is 5. The Morgan fingerprint density at radius 3 is 2.69 bits per heavy atom. The largest absolute Gasteiger partial charge is 0.502 e. The van der Waals surface area contributed by atoms with Crippen molar-refractivity contribution in [2.75, 3.05) is 25.2 Å². The Morgan fingerprint density at radius 1 is 1.06 bits per heavy atom. The number of aromatic hydroxyl groups is 1. The van der Waals surface area contributed by atoms with Crippen LogP contribution in [0, 0.1) is 0 Å². The average Bonchev–Trinajstić information content (AvgIpc) is 2.79. The van der Waals surface area contributed by atoms with Crippen LogP contribution >= 0.6 is 11.6 Å². The predicted molar refractivity (Wildman–Crippen MR) is 123 cm³/mol. The van der Waals surface area contributed by atoms with Gasteiger partial charge in [-0.3, -0.25) is 14.3 Å². The van der Waals surface area contributed by atoms with E-state index in [2.05, 4.69) is 17.6 Å². The number of benzene rings is 2. The molecule has 1 aliphatic heterocycles. The summed E-state index contributed by atoms with van der Waals surface area (Å²) in [5, 5.41) is 10.5. The molecule has 32 heavy (non-hydrogen) atoms. The monoisotopic (exact) mass is 451 g/mol. The van der Waals surface area contributed by atoms with Gasteiger partial charge in [0.2, 0.25) is 5.43 Å². The molecule has 2 N–H and O–H groups in total. The summed E-state index contributed by atoms with van der Waals surface area (Å²) >= 11 is 6.36. The van der Waals surface area contributed by atoms with E-state index >= 15 is 0 Å². The fraction of sp³-hybridized carbons (Fsp3) is 0.167. The normalized spacial score (nSPS) is 13.2. The van der Waals surface area contributed by atoms with Crippen molar-refractivity contribution in [2.45, 2.75) is 6.42 Å². The quantitative estimate of drug-likeness (QED) is 0.538. The molecule has 7 nitrogen and oxygen atoms in total. The third kappa shape index (κ3) is 4.63. The van der Waals surface area contributed by atoms with Crippen molar-refractivity contribution in [1.29, 1.82) is 0 Å². The lowest BCUT2D eigenvalue weighted by Crippen LogP contribution is -2.46. The molecule has 3 aromatic rings. The number of halogens is 1. The first-order valence-electron chi connectivity index (χ1n) is 10.1. The van der Waals surface area contributed by atoms with Gasteiger partial charge in [0.25, 0.3) is 5.91 Å². The number of ether oxygens (including phenoxy) is 1. The molecule has 4 rings (SSSR count). The first kappa shape index (κ1) is 21.5. The summed E-state index contributed by atoms with van der Waals surface area (Å²) < 4.78 is 7.28. The zero-order chi connectivity index (χ0) is 22.5. The number of para-hydroxylation sites is 1. The van der Waals surface area contributed by atoms with Gasteiger partial charge in [0.1, 0.15) is 19.0 Å². The lowest BCUT2D eigenvalue weighted by molar-refractivity contribution is 0.0741. The van der Waals surface area contributed by atoms with Crippen LogP contribution in [0.5, 0.6) is 11.5 Å². The van der Waals surface area contributed by atoms with Crippen molar-refractivity contribution < 1.29 is 14.6 Å². The molecule has 2 heterocycles. The third-order valence-electron chi connectivity index (χ3n) is 5.10. The zero-order valence-corrected chi connectivity index (χ0v) is 18.0. The number of hydrogen-bond donors (Lipinski definition) is 2. The smallest absolute Gasteiger partial charge is 0.278 e. The van der Waals surface area contributed by atoms with E-state index in [1.807, 2.05) is 30.3 Å². The second kappa shape index (κ2) is 9.62. The maximum atomic E-state index is 12.6. The van der Waals surface area contributed by atoms with Gasteiger partial charge in [-0.2, -0.15) is 0 Å². The van der Waals surface area contributed by atoms with Crippen molar-refractivity contribution >= 4 is 17.5 Å². The molecule has 0 radical (unpaired) electrons. The van der Waals surface area contributed by atoms with E-state index in [-0.39, 0.29) is 25.5 Å². The fourth-order valence-electron chi connectivity index (χ4n) is 3.46. The SMILES string of the molecule is O=C1c2c(O)c(=O)ccn2NCN1C/C=C\COc1c(Cl)cccc1Cc1ccccc1. The summed E-state index contributed by atoms with van der Waals surface area (Å²) in [6.45, 7) is 0.810. The van der Waals surface area contributed by atoms with Crippen LogP contribution in [0.4, 0.5) is 0 Å². The molecule has 0 atom stereocenters. The van der Waals surface area contributed by atoms with Crippen LogP contribution in [0.25, 0.3) is 0 Å². The average molecular weight is 452 g/mol. The lowest BCUT2D eigenvalue weighted by atomic mass is 10.0. The van der Waals surface area contributed by atoms with E-state index in [1.165, 1.54) is 21.8 Å². The Labute approximate surface area is 190 Å². The van der Waals surface area contributed by atoms with E-state index in [1.54, 1.807) is 18.2 Å². The van der Waals surface area contributed by atoms with Crippen LogP contribution in [-0.2, 0) is 6.42 Å². The molecule has 0 fully saturated rings. The number of rotatable bonds is 7. The fourth-order valence-corrected chi connectivity index (χ4v) is 3.71. The highest BCUT2D eigenvalue weighted by Crippen LogP contribution is 2.30. The van der Waals surface area contributed by atoms with Gasteiger partial charge in [-0.05, 0) is 17.7 Å². The number of fused-ring (bicyclic) bond motifs is 1. The standard InChI is InChI=1S/C24H22ClN3O4/c25-19-10-6-9-18(15-17-7-2-1-3-8-17)23(19)32-14-5-4-12-27-16-26-28-13-11-20(29)22(30)21(28)24(27)31/h1-11,13,26,30H,12,14-16H2/b5-4-. The molecule has 0 saturated carbocycles. The lowest BCUT2D eigenvalue weighted by Gasteiger charge is -2.30. The van der Waals surface area contributed by atoms with E-state index in [0.717, 1.165) is 11.1 Å². The predicted octanol–water partition coefficient (Wildman–Crippen LogP) is 3.39. The number of nitrogens with zero attached hydrogens (tertiary/aromatic N) is 2. The zero-order valence-electron chi connectivity index (χ0n) is 17.2. The summed E-state index contributed by atoms with van der Waals surface area (Å²) in [6, 6.07) is 17.0. The number of pyridine rings is 1. The molecule has 2 aromatic carbocycles. The Kier molecular flexibility index (Phi) is 6.47. The minimum atomic E-state index is -0.594. The second-order valence-electron chi connectivity index (χ2n) is 7.26. The number of aromatic nitrogens is 1. The van der Waals surface area contributed by atoms with E-state index in [9.17, 15) is 14.7 Å². The topological polar surface area (TPSA) is 83.8 Å². The molecular weight excluding hydrogens is 430 g/mol. The van der Waals surface area contributed by atoms with E-state index in [4.69, 9.17) is 16.3 Å². The minimum Gasteiger partial charge on any atom is -0.502 e. The van der Waals surface area contributed by atoms with Crippen molar-refractivity contribution in [3.05, 3.63) is 105 Å². The van der Waals surface area contributed by atoms with Gasteiger partial charge in [-0.15, -0.1) is 0 Å². The first-order chi connectivity index (χ1) is 15.5. The van der Waals surface area contributed by atoms with Gasteiger partial charge in [0.05, 0.1) is 5.02 Å². The first-order valence-corrected chi connectivity index (χ1v) is 10.5. The van der Waals surface area contributed by atoms with Gasteiger partial charge in [-0.1, -0.05) is 60.1 Å². The molecule has 1 aromatic heterocycles. The summed E-state index contributed by atoms with van der Waals surface area (Å²) in [5.41, 5.74) is 4.44. The number of amides is 1. The summed E-state index contributed by atoms with van der Waals surface area (Å²) in [4.78, 5) is 25.7. The van der Waals surface area contributed by atoms with Crippen LogP contribution in [0.1, 0.15) is 21.6 Å². The van der Waals surface area contributed by atoms with Gasteiger partial charge in [-0.25, -0.2) is 0 Å². The minimum absolute atomic E-state index is 0.0741. The Bertz CT molecular complexity index is 1210. The van der Waals surface area contributed by atoms with Crippen LogP contribution < -0.4 is 15.6 Å². The van der Waals surface area contributed by atoms with Gasteiger partial charge >= 0.3 is 0 Å². The van der Waals surface area contributed by atoms with Crippen molar-refractivity contribution in [3.63, 3.8) is 0 Å². The molecule has 8 heteroatoms. The van der Waals surface area contributed by atoms with Crippen LogP contribution in [0.15, 0.2) is 77.7 Å². The van der Waals surface area contributed by atoms with Crippen LogP contribution in [0.2, 0.25) is 5.02 Å². The van der Waals surface area contributed by atoms with Crippen molar-refractivity contribution in [3.8, 4) is 11.5 Å². The maximum absolute atomic E-state index is 12.6.